The standard InChI is InChI=1S/C21H22N2O3S/c1-22-9-4-6-16(22)21(24)23-10-8-14-12-17(25-2)18(26-3)13-15(14)20(23)19-7-5-11-27-19/h4-7,9,11-13,20H,8,10H2,1-3H3. The van der Waals surface area contributed by atoms with Crippen molar-refractivity contribution in [3.8, 4) is 11.5 Å². The molecule has 0 radical (unpaired) electrons. The van der Waals surface area contributed by atoms with Gasteiger partial charge in [0.2, 0.25) is 0 Å². The first kappa shape index (κ1) is 17.7. The number of hydrogen-bond acceptors (Lipinski definition) is 4. The van der Waals surface area contributed by atoms with Crippen LogP contribution < -0.4 is 9.47 Å². The number of amides is 1. The molecule has 5 nitrogen and oxygen atoms in total. The van der Waals surface area contributed by atoms with Crippen LogP contribution in [0.5, 0.6) is 11.5 Å². The van der Waals surface area contributed by atoms with E-state index in [0.717, 1.165) is 22.6 Å². The summed E-state index contributed by atoms with van der Waals surface area (Å²) in [5, 5.41) is 2.05. The van der Waals surface area contributed by atoms with Crippen molar-refractivity contribution in [1.82, 2.24) is 9.47 Å². The number of aromatic nitrogens is 1. The van der Waals surface area contributed by atoms with Crippen LogP contribution in [0, 0.1) is 0 Å². The number of aryl methyl sites for hydroxylation is 1. The number of carbonyl (C=O) groups is 1. The normalized spacial score (nSPS) is 16.1. The van der Waals surface area contributed by atoms with Crippen LogP contribution in [-0.4, -0.2) is 36.1 Å². The lowest BCUT2D eigenvalue weighted by Gasteiger charge is -2.37. The Morgan fingerprint density at radius 2 is 1.93 bits per heavy atom. The number of fused-ring (bicyclic) bond motifs is 1. The van der Waals surface area contributed by atoms with Gasteiger partial charge in [-0.15, -0.1) is 11.3 Å². The van der Waals surface area contributed by atoms with Gasteiger partial charge in [-0.25, -0.2) is 0 Å². The molecule has 1 amide bonds. The summed E-state index contributed by atoms with van der Waals surface area (Å²) in [6.07, 6.45) is 2.69. The highest BCUT2D eigenvalue weighted by molar-refractivity contribution is 7.10. The molecule has 0 aliphatic carbocycles. The van der Waals surface area contributed by atoms with Crippen LogP contribution in [0.2, 0.25) is 0 Å². The molecular formula is C21H22N2O3S. The average Bonchev–Trinajstić information content (AvgIpc) is 3.37. The van der Waals surface area contributed by atoms with E-state index in [9.17, 15) is 4.79 Å². The molecule has 3 aromatic rings. The van der Waals surface area contributed by atoms with Crippen LogP contribution in [0.25, 0.3) is 0 Å². The summed E-state index contributed by atoms with van der Waals surface area (Å²) in [6, 6.07) is 11.8. The van der Waals surface area contributed by atoms with Crippen LogP contribution in [-0.2, 0) is 13.5 Å². The zero-order chi connectivity index (χ0) is 19.0. The molecule has 6 heteroatoms. The summed E-state index contributed by atoms with van der Waals surface area (Å²) in [4.78, 5) is 16.4. The zero-order valence-corrected chi connectivity index (χ0v) is 16.5. The maximum atomic E-state index is 13.3. The van der Waals surface area contributed by atoms with Gasteiger partial charge in [0.25, 0.3) is 5.91 Å². The van der Waals surface area contributed by atoms with Gasteiger partial charge in [0.05, 0.1) is 20.3 Å². The van der Waals surface area contributed by atoms with Crippen LogP contribution in [0.15, 0.2) is 48.0 Å². The molecule has 1 aliphatic heterocycles. The fourth-order valence-corrected chi connectivity index (χ4v) is 4.60. The van der Waals surface area contributed by atoms with Crippen molar-refractivity contribution in [3.63, 3.8) is 0 Å². The molecule has 0 saturated heterocycles. The molecule has 3 heterocycles. The van der Waals surface area contributed by atoms with Crippen LogP contribution >= 0.6 is 11.3 Å². The van der Waals surface area contributed by atoms with Crippen LogP contribution in [0.1, 0.15) is 32.5 Å². The highest BCUT2D eigenvalue weighted by Crippen LogP contribution is 2.42. The summed E-state index contributed by atoms with van der Waals surface area (Å²) in [6.45, 7) is 0.662. The molecule has 140 valence electrons. The zero-order valence-electron chi connectivity index (χ0n) is 15.6. The minimum atomic E-state index is -0.129. The lowest BCUT2D eigenvalue weighted by atomic mass is 9.90. The molecule has 0 spiro atoms. The Morgan fingerprint density at radius 1 is 1.15 bits per heavy atom. The number of methoxy groups -OCH3 is 2. The second kappa shape index (κ2) is 7.12. The Labute approximate surface area is 162 Å². The number of rotatable bonds is 4. The van der Waals surface area contributed by atoms with Gasteiger partial charge in [-0.2, -0.15) is 0 Å². The number of hydrogen-bond donors (Lipinski definition) is 0. The smallest absolute Gasteiger partial charge is 0.271 e. The molecule has 1 atom stereocenters. The predicted octanol–water partition coefficient (Wildman–Crippen LogP) is 3.89. The summed E-state index contributed by atoms with van der Waals surface area (Å²) in [5.41, 5.74) is 2.99. The third kappa shape index (κ3) is 3.00. The summed E-state index contributed by atoms with van der Waals surface area (Å²) in [5.74, 6) is 1.45. The Hall–Kier alpha value is -2.73. The summed E-state index contributed by atoms with van der Waals surface area (Å²) >= 11 is 1.67. The molecule has 0 fully saturated rings. The Bertz CT molecular complexity index is 962. The van der Waals surface area contributed by atoms with E-state index in [2.05, 4.69) is 11.4 Å². The quantitative estimate of drug-likeness (QED) is 0.688. The minimum absolute atomic E-state index is 0.0429. The van der Waals surface area contributed by atoms with Gasteiger partial charge < -0.3 is 18.9 Å². The number of ether oxygens (including phenoxy) is 2. The second-order valence-corrected chi connectivity index (χ2v) is 7.56. The van der Waals surface area contributed by atoms with Crippen molar-refractivity contribution >= 4 is 17.2 Å². The van der Waals surface area contributed by atoms with Crippen molar-refractivity contribution in [2.45, 2.75) is 12.5 Å². The maximum Gasteiger partial charge on any atom is 0.271 e. The maximum absolute atomic E-state index is 13.3. The lowest BCUT2D eigenvalue weighted by Crippen LogP contribution is -2.41. The van der Waals surface area contributed by atoms with Gasteiger partial charge in [0, 0.05) is 24.7 Å². The highest BCUT2D eigenvalue weighted by Gasteiger charge is 2.35. The van der Waals surface area contributed by atoms with Gasteiger partial charge in [-0.1, -0.05) is 6.07 Å². The molecular weight excluding hydrogens is 360 g/mol. The fraction of sp³-hybridized carbons (Fsp3) is 0.286. The number of carbonyl (C=O) groups excluding carboxylic acids is 1. The molecule has 0 bridgehead atoms. The van der Waals surface area contributed by atoms with E-state index < -0.39 is 0 Å². The van der Waals surface area contributed by atoms with E-state index in [1.807, 2.05) is 53.0 Å². The van der Waals surface area contributed by atoms with Gasteiger partial charge >= 0.3 is 0 Å². The van der Waals surface area contributed by atoms with Gasteiger partial charge in [0.1, 0.15) is 5.69 Å². The van der Waals surface area contributed by atoms with Crippen LogP contribution in [0.4, 0.5) is 0 Å². The Balaban J connectivity index is 1.84. The molecule has 1 unspecified atom stereocenters. The third-order valence-electron chi connectivity index (χ3n) is 5.11. The van der Waals surface area contributed by atoms with E-state index in [-0.39, 0.29) is 11.9 Å². The second-order valence-electron chi connectivity index (χ2n) is 6.58. The van der Waals surface area contributed by atoms with Crippen molar-refractivity contribution in [3.05, 3.63) is 69.7 Å². The molecule has 0 N–H and O–H groups in total. The number of thiophene rings is 1. The Morgan fingerprint density at radius 3 is 2.56 bits per heavy atom. The van der Waals surface area contributed by atoms with Gasteiger partial charge in [0.15, 0.2) is 11.5 Å². The molecule has 27 heavy (non-hydrogen) atoms. The SMILES string of the molecule is COc1cc2c(cc1OC)C(c1cccs1)N(C(=O)c1cccn1C)CC2. The van der Waals surface area contributed by atoms with Crippen molar-refractivity contribution in [2.75, 3.05) is 20.8 Å². The third-order valence-corrected chi connectivity index (χ3v) is 6.03. The molecule has 0 saturated carbocycles. The topological polar surface area (TPSA) is 43.7 Å². The first-order valence-electron chi connectivity index (χ1n) is 8.84. The highest BCUT2D eigenvalue weighted by atomic mass is 32.1. The van der Waals surface area contributed by atoms with E-state index in [1.165, 1.54) is 5.56 Å². The Kier molecular flexibility index (Phi) is 4.66. The van der Waals surface area contributed by atoms with E-state index in [1.54, 1.807) is 25.6 Å². The van der Waals surface area contributed by atoms with E-state index >= 15 is 0 Å². The van der Waals surface area contributed by atoms with E-state index in [4.69, 9.17) is 9.47 Å². The minimum Gasteiger partial charge on any atom is -0.493 e. The number of benzene rings is 1. The summed E-state index contributed by atoms with van der Waals surface area (Å²) < 4.78 is 12.9. The molecule has 1 aliphatic rings. The molecule has 4 rings (SSSR count). The first-order chi connectivity index (χ1) is 13.1. The summed E-state index contributed by atoms with van der Waals surface area (Å²) in [7, 11) is 5.19. The monoisotopic (exact) mass is 382 g/mol. The predicted molar refractivity (Wildman–Crippen MR) is 106 cm³/mol. The van der Waals surface area contributed by atoms with Crippen molar-refractivity contribution in [2.24, 2.45) is 7.05 Å². The average molecular weight is 382 g/mol. The molecule has 2 aromatic heterocycles. The number of nitrogens with zero attached hydrogens (tertiary/aromatic N) is 2. The van der Waals surface area contributed by atoms with Gasteiger partial charge in [-0.05, 0) is 53.3 Å². The van der Waals surface area contributed by atoms with Crippen molar-refractivity contribution in [1.29, 1.82) is 0 Å². The van der Waals surface area contributed by atoms with Crippen LogP contribution in [0.3, 0.4) is 0 Å². The first-order valence-corrected chi connectivity index (χ1v) is 9.72. The largest absolute Gasteiger partial charge is 0.493 e. The fourth-order valence-electron chi connectivity index (χ4n) is 3.75. The lowest BCUT2D eigenvalue weighted by molar-refractivity contribution is 0.0687. The van der Waals surface area contributed by atoms with Gasteiger partial charge in [-0.3, -0.25) is 4.79 Å². The molecule has 1 aromatic carbocycles. The van der Waals surface area contributed by atoms with Crippen molar-refractivity contribution < 1.29 is 14.3 Å². The van der Waals surface area contributed by atoms with E-state index in [0.29, 0.717) is 18.0 Å².